The van der Waals surface area contributed by atoms with Crippen LogP contribution in [-0.2, 0) is 0 Å². The molecule has 0 unspecified atom stereocenters. The molecule has 3 nitrogen and oxygen atoms in total. The van der Waals surface area contributed by atoms with Crippen LogP contribution in [0.1, 0.15) is 41.5 Å². The van der Waals surface area contributed by atoms with Gasteiger partial charge in [-0.3, -0.25) is 0 Å². The molecule has 0 fully saturated rings. The van der Waals surface area contributed by atoms with Gasteiger partial charge in [0.05, 0.1) is 0 Å². The Bertz CT molecular complexity index is 329. The summed E-state index contributed by atoms with van der Waals surface area (Å²) in [4.78, 5) is 13.4. The average molecular weight is 224 g/mol. The molecule has 2 amide bonds. The molecule has 0 aliphatic carbocycles. The van der Waals surface area contributed by atoms with E-state index < -0.39 is 0 Å². The summed E-state index contributed by atoms with van der Waals surface area (Å²) in [6.07, 6.45) is 0. The van der Waals surface area contributed by atoms with Gasteiger partial charge in [-0.1, -0.05) is 41.5 Å². The third-order valence-electron chi connectivity index (χ3n) is 2.93. The molecule has 0 radical (unpaired) electrons. The number of allylic oxidation sites excluding steroid dienone is 1. The summed E-state index contributed by atoms with van der Waals surface area (Å²) < 4.78 is 0. The zero-order chi connectivity index (χ0) is 12.7. The molecule has 3 heteroatoms. The predicted octanol–water partition coefficient (Wildman–Crippen LogP) is 2.99. The van der Waals surface area contributed by atoms with E-state index in [9.17, 15) is 4.79 Å². The Hall–Kier alpha value is -0.990. The standard InChI is InChI=1S/C13H24N2O/c1-12(2,3)9-8-15(7)11(16)14-10(9)13(4,5)6/h8H2,1-7H3,(H,14,16). The van der Waals surface area contributed by atoms with Gasteiger partial charge in [-0.05, 0) is 11.0 Å². The van der Waals surface area contributed by atoms with Crippen molar-refractivity contribution in [2.75, 3.05) is 13.6 Å². The maximum atomic E-state index is 11.7. The largest absolute Gasteiger partial charge is 0.324 e. The molecule has 1 rings (SSSR count). The lowest BCUT2D eigenvalue weighted by Gasteiger charge is -2.39. The number of rotatable bonds is 0. The number of carbonyl (C=O) groups excluding carboxylic acids is 1. The fourth-order valence-corrected chi connectivity index (χ4v) is 1.92. The lowest BCUT2D eigenvalue weighted by molar-refractivity contribution is 0.202. The first-order valence-corrected chi connectivity index (χ1v) is 5.79. The van der Waals surface area contributed by atoms with Crippen molar-refractivity contribution in [3.05, 3.63) is 11.3 Å². The molecule has 0 aromatic rings. The van der Waals surface area contributed by atoms with E-state index >= 15 is 0 Å². The highest BCUT2D eigenvalue weighted by Gasteiger charge is 2.34. The van der Waals surface area contributed by atoms with E-state index in [4.69, 9.17) is 0 Å². The molecule has 1 N–H and O–H groups in total. The van der Waals surface area contributed by atoms with E-state index in [-0.39, 0.29) is 16.9 Å². The second kappa shape index (κ2) is 3.79. The number of likely N-dealkylation sites (N-methyl/N-ethyl adjacent to an activating group) is 1. The van der Waals surface area contributed by atoms with Crippen LogP contribution in [0.15, 0.2) is 11.3 Å². The maximum absolute atomic E-state index is 11.7. The van der Waals surface area contributed by atoms with Gasteiger partial charge in [-0.25, -0.2) is 4.79 Å². The summed E-state index contributed by atoms with van der Waals surface area (Å²) in [5.74, 6) is 0. The molecule has 0 bridgehead atoms. The molecular formula is C13H24N2O. The van der Waals surface area contributed by atoms with Gasteiger partial charge in [-0.2, -0.15) is 0 Å². The van der Waals surface area contributed by atoms with Crippen molar-refractivity contribution in [2.24, 2.45) is 10.8 Å². The molecule has 0 aromatic carbocycles. The third kappa shape index (κ3) is 2.57. The van der Waals surface area contributed by atoms with Crippen LogP contribution >= 0.6 is 0 Å². The number of urea groups is 1. The van der Waals surface area contributed by atoms with Gasteiger partial charge < -0.3 is 10.2 Å². The van der Waals surface area contributed by atoms with Crippen molar-refractivity contribution in [1.82, 2.24) is 10.2 Å². The van der Waals surface area contributed by atoms with Gasteiger partial charge in [0.2, 0.25) is 0 Å². The summed E-state index contributed by atoms with van der Waals surface area (Å²) in [5.41, 5.74) is 2.48. The monoisotopic (exact) mass is 224 g/mol. The molecule has 1 aliphatic heterocycles. The maximum Gasteiger partial charge on any atom is 0.321 e. The molecule has 1 aliphatic rings. The molecule has 0 spiro atoms. The van der Waals surface area contributed by atoms with Gasteiger partial charge in [-0.15, -0.1) is 0 Å². The highest BCUT2D eigenvalue weighted by molar-refractivity contribution is 5.78. The molecular weight excluding hydrogens is 200 g/mol. The smallest absolute Gasteiger partial charge is 0.321 e. The summed E-state index contributed by atoms with van der Waals surface area (Å²) in [6, 6.07) is -0.00192. The minimum Gasteiger partial charge on any atom is -0.324 e. The predicted molar refractivity (Wildman–Crippen MR) is 67.1 cm³/mol. The topological polar surface area (TPSA) is 32.3 Å². The van der Waals surface area contributed by atoms with Crippen molar-refractivity contribution in [2.45, 2.75) is 41.5 Å². The Morgan fingerprint density at radius 2 is 1.56 bits per heavy atom. The van der Waals surface area contributed by atoms with Gasteiger partial charge >= 0.3 is 6.03 Å². The first-order valence-electron chi connectivity index (χ1n) is 5.79. The first kappa shape index (κ1) is 13.1. The van der Waals surface area contributed by atoms with E-state index in [0.717, 1.165) is 12.2 Å². The zero-order valence-corrected chi connectivity index (χ0v) is 11.6. The van der Waals surface area contributed by atoms with Gasteiger partial charge in [0.1, 0.15) is 0 Å². The molecule has 0 atom stereocenters. The van der Waals surface area contributed by atoms with E-state index in [1.54, 1.807) is 4.90 Å². The third-order valence-corrected chi connectivity index (χ3v) is 2.93. The number of carbonyl (C=O) groups is 1. The van der Waals surface area contributed by atoms with E-state index in [1.807, 2.05) is 7.05 Å². The lowest BCUT2D eigenvalue weighted by atomic mass is 9.77. The van der Waals surface area contributed by atoms with Crippen molar-refractivity contribution in [3.63, 3.8) is 0 Å². The summed E-state index contributed by atoms with van der Waals surface area (Å²) in [5, 5.41) is 3.03. The summed E-state index contributed by atoms with van der Waals surface area (Å²) >= 11 is 0. The number of nitrogens with zero attached hydrogens (tertiary/aromatic N) is 1. The Kier molecular flexibility index (Phi) is 3.10. The van der Waals surface area contributed by atoms with E-state index in [0.29, 0.717) is 0 Å². The Labute approximate surface area is 98.9 Å². The van der Waals surface area contributed by atoms with Crippen molar-refractivity contribution in [1.29, 1.82) is 0 Å². The Balaban J connectivity index is 3.26. The molecule has 0 aromatic heterocycles. The van der Waals surface area contributed by atoms with Crippen LogP contribution in [-0.4, -0.2) is 24.5 Å². The second-order valence-corrected chi connectivity index (χ2v) is 6.64. The summed E-state index contributed by atoms with van der Waals surface area (Å²) in [7, 11) is 1.83. The van der Waals surface area contributed by atoms with Crippen molar-refractivity contribution < 1.29 is 4.79 Å². The van der Waals surface area contributed by atoms with Crippen molar-refractivity contribution >= 4 is 6.03 Å². The average Bonchev–Trinajstić information content (AvgIpc) is 2.05. The first-order chi connectivity index (χ1) is 7.03. The Morgan fingerprint density at radius 1 is 1.06 bits per heavy atom. The van der Waals surface area contributed by atoms with Crippen LogP contribution in [0.4, 0.5) is 4.79 Å². The number of nitrogens with one attached hydrogen (secondary N) is 1. The number of amides is 2. The fraction of sp³-hybridized carbons (Fsp3) is 0.769. The van der Waals surface area contributed by atoms with Gasteiger partial charge in [0, 0.05) is 24.7 Å². The molecule has 0 saturated carbocycles. The van der Waals surface area contributed by atoms with E-state index in [1.165, 1.54) is 5.57 Å². The lowest BCUT2D eigenvalue weighted by Crippen LogP contribution is -2.48. The van der Waals surface area contributed by atoms with Crippen LogP contribution in [0.5, 0.6) is 0 Å². The Morgan fingerprint density at radius 3 is 1.94 bits per heavy atom. The molecule has 92 valence electrons. The second-order valence-electron chi connectivity index (χ2n) is 6.64. The van der Waals surface area contributed by atoms with Crippen LogP contribution in [0.25, 0.3) is 0 Å². The molecule has 0 saturated heterocycles. The fourth-order valence-electron chi connectivity index (χ4n) is 1.92. The van der Waals surface area contributed by atoms with Crippen LogP contribution < -0.4 is 5.32 Å². The SMILES string of the molecule is CN1CC(C(C)(C)C)=C(C(C)(C)C)NC1=O. The van der Waals surface area contributed by atoms with E-state index in [2.05, 4.69) is 46.9 Å². The normalized spacial score (nSPS) is 18.9. The number of hydrogen-bond acceptors (Lipinski definition) is 1. The highest BCUT2D eigenvalue weighted by Crippen LogP contribution is 2.37. The minimum atomic E-state index is -0.0144. The summed E-state index contributed by atoms with van der Waals surface area (Å²) in [6.45, 7) is 13.7. The van der Waals surface area contributed by atoms with Crippen LogP contribution in [0, 0.1) is 10.8 Å². The minimum absolute atomic E-state index is 0.00192. The molecule has 1 heterocycles. The van der Waals surface area contributed by atoms with Crippen LogP contribution in [0.3, 0.4) is 0 Å². The zero-order valence-electron chi connectivity index (χ0n) is 11.6. The van der Waals surface area contributed by atoms with Crippen LogP contribution in [0.2, 0.25) is 0 Å². The van der Waals surface area contributed by atoms with Gasteiger partial charge in [0.25, 0.3) is 0 Å². The molecule has 16 heavy (non-hydrogen) atoms. The van der Waals surface area contributed by atoms with Crippen molar-refractivity contribution in [3.8, 4) is 0 Å². The number of hydrogen-bond donors (Lipinski definition) is 1. The highest BCUT2D eigenvalue weighted by atomic mass is 16.2. The van der Waals surface area contributed by atoms with Gasteiger partial charge in [0.15, 0.2) is 0 Å². The quantitative estimate of drug-likeness (QED) is 0.674.